The van der Waals surface area contributed by atoms with Crippen LogP contribution >= 0.6 is 23.4 Å². The van der Waals surface area contributed by atoms with E-state index < -0.39 is 5.97 Å². The van der Waals surface area contributed by atoms with Crippen LogP contribution in [0, 0.1) is 0 Å². The van der Waals surface area contributed by atoms with Crippen LogP contribution in [-0.4, -0.2) is 70.2 Å². The van der Waals surface area contributed by atoms with Crippen molar-refractivity contribution in [3.8, 4) is 11.1 Å². The van der Waals surface area contributed by atoms with Crippen molar-refractivity contribution in [2.24, 2.45) is 17.8 Å². The number of aryl methyl sites for hydroxylation is 3. The standard InChI is InChI=1S/C30H38ClN5O5S/c1-18(38)41-13-7-8-21-22-10-11-23(31)26(28(22)35(3)29(21)30(39)40-4)27-24(34-36-12-6-5-9-25(27)36)17-42-16-19(32)14-20(15-37)33-2/h10-11,14,37H,5-9,12-13,15-17,32H2,1-4H3. The zero-order chi connectivity index (χ0) is 30.4. The van der Waals surface area contributed by atoms with Gasteiger partial charge in [0, 0.05) is 67.0 Å². The monoisotopic (exact) mass is 615 g/mol. The molecule has 3 N–H and O–H groups in total. The molecule has 0 amide bonds. The summed E-state index contributed by atoms with van der Waals surface area (Å²) in [4.78, 5) is 28.4. The van der Waals surface area contributed by atoms with E-state index in [2.05, 4.69) is 9.67 Å². The van der Waals surface area contributed by atoms with Crippen molar-refractivity contribution in [1.82, 2.24) is 14.3 Å². The first-order chi connectivity index (χ1) is 20.2. The van der Waals surface area contributed by atoms with Gasteiger partial charge in [-0.1, -0.05) is 17.7 Å². The van der Waals surface area contributed by atoms with Crippen LogP contribution in [0.15, 0.2) is 28.9 Å². The summed E-state index contributed by atoms with van der Waals surface area (Å²) in [5.41, 5.74) is 13.3. The third kappa shape index (κ3) is 6.68. The van der Waals surface area contributed by atoms with E-state index in [1.165, 1.54) is 14.0 Å². The van der Waals surface area contributed by atoms with Gasteiger partial charge in [0.25, 0.3) is 0 Å². The van der Waals surface area contributed by atoms with Crippen LogP contribution < -0.4 is 5.73 Å². The van der Waals surface area contributed by atoms with Crippen molar-refractivity contribution < 1.29 is 24.2 Å². The number of carbonyl (C=O) groups excluding carboxylic acids is 2. The molecule has 0 bridgehead atoms. The number of nitrogens with zero attached hydrogens (tertiary/aromatic N) is 4. The number of aromatic nitrogens is 3. The van der Waals surface area contributed by atoms with Gasteiger partial charge < -0.3 is 24.9 Å². The first-order valence-corrected chi connectivity index (χ1v) is 15.5. The molecule has 0 atom stereocenters. The smallest absolute Gasteiger partial charge is 0.354 e. The highest BCUT2D eigenvalue weighted by Gasteiger charge is 2.29. The number of thioether (sulfide) groups is 1. The fourth-order valence-corrected chi connectivity index (χ4v) is 6.61. The first-order valence-electron chi connectivity index (χ1n) is 13.9. The molecule has 1 aliphatic rings. The number of aliphatic imine (C=N–C) groups is 1. The van der Waals surface area contributed by atoms with Gasteiger partial charge >= 0.3 is 11.9 Å². The summed E-state index contributed by atoms with van der Waals surface area (Å²) in [6.45, 7) is 2.30. The van der Waals surface area contributed by atoms with Crippen LogP contribution in [0.1, 0.15) is 53.6 Å². The Labute approximate surface area is 254 Å². The second-order valence-corrected chi connectivity index (χ2v) is 11.6. The van der Waals surface area contributed by atoms with Crippen LogP contribution in [0.5, 0.6) is 0 Å². The Hall–Kier alpha value is -3.28. The molecule has 1 aliphatic heterocycles. The maximum absolute atomic E-state index is 13.1. The molecule has 3 aromatic rings. The summed E-state index contributed by atoms with van der Waals surface area (Å²) in [5.74, 6) is 0.363. The molecule has 0 saturated carbocycles. The number of carbonyl (C=O) groups is 2. The molecule has 4 rings (SSSR count). The summed E-state index contributed by atoms with van der Waals surface area (Å²) < 4.78 is 14.3. The van der Waals surface area contributed by atoms with Crippen molar-refractivity contribution in [2.75, 3.05) is 33.1 Å². The topological polar surface area (TPSA) is 134 Å². The minimum atomic E-state index is -0.439. The van der Waals surface area contributed by atoms with E-state index >= 15 is 0 Å². The van der Waals surface area contributed by atoms with E-state index in [0.717, 1.165) is 64.8 Å². The van der Waals surface area contributed by atoms with Gasteiger partial charge in [-0.2, -0.15) is 5.10 Å². The first kappa shape index (κ1) is 31.7. The molecule has 1 aromatic carbocycles. The van der Waals surface area contributed by atoms with E-state index in [1.54, 1.807) is 24.9 Å². The van der Waals surface area contributed by atoms with Gasteiger partial charge in [0.2, 0.25) is 0 Å². The summed E-state index contributed by atoms with van der Waals surface area (Å²) in [7, 11) is 4.85. The number of methoxy groups -OCH3 is 1. The second kappa shape index (κ2) is 14.3. The van der Waals surface area contributed by atoms with E-state index in [-0.39, 0.29) is 19.2 Å². The summed E-state index contributed by atoms with van der Waals surface area (Å²) in [5, 5.41) is 15.9. The number of rotatable bonds is 12. The molecule has 12 heteroatoms. The van der Waals surface area contributed by atoms with Gasteiger partial charge in [0.15, 0.2) is 0 Å². The van der Waals surface area contributed by atoms with Crippen LogP contribution in [-0.2, 0) is 46.5 Å². The van der Waals surface area contributed by atoms with Crippen LogP contribution in [0.25, 0.3) is 22.0 Å². The molecule has 42 heavy (non-hydrogen) atoms. The molecule has 0 saturated heterocycles. The van der Waals surface area contributed by atoms with Gasteiger partial charge in [0.05, 0.1) is 42.3 Å². The van der Waals surface area contributed by atoms with E-state index in [9.17, 15) is 14.7 Å². The van der Waals surface area contributed by atoms with Gasteiger partial charge in [-0.3, -0.25) is 14.5 Å². The SMILES string of the molecule is CN=C(C=C(N)CSCc1nn2c(c1-c1c(Cl)ccc3c(CCCOC(C)=O)c(C(=O)OC)n(C)c13)CCCC2)CO. The zero-order valence-electron chi connectivity index (χ0n) is 24.5. The lowest BCUT2D eigenvalue weighted by Gasteiger charge is -2.16. The van der Waals surface area contributed by atoms with Crippen LogP contribution in [0.4, 0.5) is 0 Å². The number of halogens is 1. The number of esters is 2. The summed E-state index contributed by atoms with van der Waals surface area (Å²) >= 11 is 8.62. The maximum atomic E-state index is 13.1. The van der Waals surface area contributed by atoms with Crippen molar-refractivity contribution in [3.63, 3.8) is 0 Å². The predicted molar refractivity (Wildman–Crippen MR) is 167 cm³/mol. The lowest BCUT2D eigenvalue weighted by Crippen LogP contribution is -2.12. The van der Waals surface area contributed by atoms with Crippen molar-refractivity contribution >= 4 is 51.9 Å². The summed E-state index contributed by atoms with van der Waals surface area (Å²) in [6, 6.07) is 3.82. The normalized spacial score (nSPS) is 13.9. The number of nitrogens with two attached hydrogens (primary N) is 1. The lowest BCUT2D eigenvalue weighted by molar-refractivity contribution is -0.141. The molecule has 10 nitrogen and oxygen atoms in total. The molecular weight excluding hydrogens is 578 g/mol. The number of benzene rings is 1. The molecule has 0 aliphatic carbocycles. The quantitative estimate of drug-likeness (QED) is 0.173. The zero-order valence-corrected chi connectivity index (χ0v) is 26.1. The fraction of sp³-hybridized carbons (Fsp3) is 0.467. The molecule has 3 heterocycles. The van der Waals surface area contributed by atoms with E-state index in [1.807, 2.05) is 23.7 Å². The minimum absolute atomic E-state index is 0.168. The molecule has 0 fully saturated rings. The van der Waals surface area contributed by atoms with E-state index in [4.69, 9.17) is 31.9 Å². The van der Waals surface area contributed by atoms with E-state index in [0.29, 0.717) is 46.5 Å². The minimum Gasteiger partial charge on any atom is -0.466 e. The van der Waals surface area contributed by atoms with Gasteiger partial charge in [0.1, 0.15) is 5.69 Å². The third-order valence-electron chi connectivity index (χ3n) is 7.39. The highest BCUT2D eigenvalue weighted by Crippen LogP contribution is 2.43. The van der Waals surface area contributed by atoms with Crippen molar-refractivity contribution in [3.05, 3.63) is 51.6 Å². The fourth-order valence-electron chi connectivity index (χ4n) is 5.55. The highest BCUT2D eigenvalue weighted by atomic mass is 35.5. The number of aliphatic hydroxyl groups excluding tert-OH is 1. The molecule has 0 radical (unpaired) electrons. The average molecular weight is 616 g/mol. The maximum Gasteiger partial charge on any atom is 0.354 e. The lowest BCUT2D eigenvalue weighted by atomic mass is 9.95. The van der Waals surface area contributed by atoms with Gasteiger partial charge in [-0.05, 0) is 49.8 Å². The number of hydrogen-bond donors (Lipinski definition) is 2. The third-order valence-corrected chi connectivity index (χ3v) is 8.72. The Kier molecular flexibility index (Phi) is 10.7. The van der Waals surface area contributed by atoms with Crippen LogP contribution in [0.2, 0.25) is 5.02 Å². The Bertz CT molecular complexity index is 1540. The largest absolute Gasteiger partial charge is 0.466 e. The van der Waals surface area contributed by atoms with Gasteiger partial charge in [-0.25, -0.2) is 4.79 Å². The molecule has 226 valence electrons. The Morgan fingerprint density at radius 1 is 1.29 bits per heavy atom. The average Bonchev–Trinajstić information content (AvgIpc) is 3.48. The number of ether oxygens (including phenoxy) is 2. The number of hydrogen-bond acceptors (Lipinski definition) is 9. The van der Waals surface area contributed by atoms with Crippen molar-refractivity contribution in [1.29, 1.82) is 0 Å². The van der Waals surface area contributed by atoms with Gasteiger partial charge in [-0.15, -0.1) is 11.8 Å². The van der Waals surface area contributed by atoms with Crippen molar-refractivity contribution in [2.45, 2.75) is 51.3 Å². The Balaban J connectivity index is 1.81. The molecule has 0 unspecified atom stereocenters. The second-order valence-electron chi connectivity index (χ2n) is 10.2. The Morgan fingerprint density at radius 2 is 2.07 bits per heavy atom. The summed E-state index contributed by atoms with van der Waals surface area (Å²) in [6.07, 6.45) is 5.76. The predicted octanol–water partition coefficient (Wildman–Crippen LogP) is 4.45. The molecule has 0 spiro atoms. The number of aliphatic hydroxyl groups is 1. The molecular formula is C30H38ClN5O5S. The Morgan fingerprint density at radius 3 is 2.76 bits per heavy atom. The highest BCUT2D eigenvalue weighted by molar-refractivity contribution is 7.98. The molecule has 2 aromatic heterocycles. The van der Waals surface area contributed by atoms with Crippen LogP contribution in [0.3, 0.4) is 0 Å². The number of fused-ring (bicyclic) bond motifs is 2.